The van der Waals surface area contributed by atoms with Crippen LogP contribution < -0.4 is 0 Å². The van der Waals surface area contributed by atoms with E-state index >= 15 is 0 Å². The molecule has 0 aliphatic carbocycles. The fourth-order valence-corrected chi connectivity index (χ4v) is 0.796. The van der Waals surface area contributed by atoms with Gasteiger partial charge in [0.1, 0.15) is 0 Å². The van der Waals surface area contributed by atoms with Crippen molar-refractivity contribution in [3.8, 4) is 0 Å². The molecule has 0 radical (unpaired) electrons. The lowest BCUT2D eigenvalue weighted by atomic mass is 10.1. The Morgan fingerprint density at radius 3 is 2.50 bits per heavy atom. The maximum Gasteiger partial charge on any atom is -0.00195 e. The first-order valence-corrected chi connectivity index (χ1v) is 3.80. The van der Waals surface area contributed by atoms with Gasteiger partial charge < -0.3 is 10.8 Å². The Balaban J connectivity index is 3.02. The van der Waals surface area contributed by atoms with Crippen LogP contribution in [0.3, 0.4) is 0 Å². The molecular weight excluding hydrogens is 124 g/mol. The number of hydrogen-bond acceptors (Lipinski definition) is 2. The minimum absolute atomic E-state index is 0.422. The molecule has 0 fully saturated rings. The van der Waals surface area contributed by atoms with Crippen molar-refractivity contribution in [1.82, 2.24) is 0 Å². The monoisotopic (exact) mass is 140 g/mol. The van der Waals surface area contributed by atoms with Crippen molar-refractivity contribution < 1.29 is 0 Å². The predicted octanol–water partition coefficient (Wildman–Crippen LogP) is 2.48. The first kappa shape index (κ1) is 9.34. The number of nitrogens with one attached hydrogen (secondary N) is 2. The normalized spacial score (nSPS) is 12.5. The molecule has 0 bridgehead atoms. The minimum Gasteiger partial charge on any atom is -0.313 e. The van der Waals surface area contributed by atoms with E-state index < -0.39 is 0 Å². The second-order valence-corrected chi connectivity index (χ2v) is 2.63. The maximum absolute atomic E-state index is 6.92. The van der Waals surface area contributed by atoms with Crippen LogP contribution in [-0.2, 0) is 0 Å². The topological polar surface area (TPSA) is 47.7 Å². The van der Waals surface area contributed by atoms with Crippen molar-refractivity contribution in [3.05, 3.63) is 0 Å². The summed E-state index contributed by atoms with van der Waals surface area (Å²) in [6.07, 6.45) is 7.18. The van der Waals surface area contributed by atoms with Crippen molar-refractivity contribution in [2.75, 3.05) is 0 Å². The molecule has 0 saturated carbocycles. The lowest BCUT2D eigenvalue weighted by Gasteiger charge is -2.01. The molecule has 0 amide bonds. The molecule has 0 aliphatic heterocycles. The van der Waals surface area contributed by atoms with Crippen LogP contribution in [0.5, 0.6) is 0 Å². The van der Waals surface area contributed by atoms with E-state index in [4.69, 9.17) is 10.8 Å². The molecule has 2 nitrogen and oxygen atoms in total. The molecule has 0 aromatic heterocycles. The van der Waals surface area contributed by atoms with Gasteiger partial charge in [-0.1, -0.05) is 13.3 Å². The van der Waals surface area contributed by atoms with Gasteiger partial charge in [0, 0.05) is 0 Å². The van der Waals surface area contributed by atoms with E-state index in [9.17, 15) is 0 Å². The van der Waals surface area contributed by atoms with Gasteiger partial charge in [-0.3, -0.25) is 0 Å². The van der Waals surface area contributed by atoms with E-state index in [0.29, 0.717) is 5.92 Å². The van der Waals surface area contributed by atoms with Crippen LogP contribution in [0.15, 0.2) is 0 Å². The Morgan fingerprint density at radius 1 is 1.30 bits per heavy atom. The van der Waals surface area contributed by atoms with Gasteiger partial charge in [0.05, 0.1) is 0 Å². The number of hydrogen-bond donors (Lipinski definition) is 2. The summed E-state index contributed by atoms with van der Waals surface area (Å²) in [4.78, 5) is 0. The van der Waals surface area contributed by atoms with Gasteiger partial charge in [0.2, 0.25) is 0 Å². The minimum atomic E-state index is 0.422. The second-order valence-electron chi connectivity index (χ2n) is 2.63. The van der Waals surface area contributed by atoms with Gasteiger partial charge in [-0.2, -0.15) is 0 Å². The standard InChI is InChI=1S/C8H16N2/c1-8(7-10)5-3-2-4-6-9/h6-10H,2-5H2,1H3. The lowest BCUT2D eigenvalue weighted by molar-refractivity contribution is 0.620. The van der Waals surface area contributed by atoms with Crippen LogP contribution in [0.1, 0.15) is 32.6 Å². The van der Waals surface area contributed by atoms with Crippen LogP contribution >= 0.6 is 0 Å². The highest BCUT2D eigenvalue weighted by Crippen LogP contribution is 2.05. The summed E-state index contributed by atoms with van der Waals surface area (Å²) in [5.74, 6) is 0.422. The highest BCUT2D eigenvalue weighted by Gasteiger charge is 1.94. The third-order valence-electron chi connectivity index (χ3n) is 1.54. The van der Waals surface area contributed by atoms with E-state index in [0.717, 1.165) is 25.7 Å². The first-order chi connectivity index (χ1) is 4.81. The fraction of sp³-hybridized carbons (Fsp3) is 0.750. The average molecular weight is 140 g/mol. The second kappa shape index (κ2) is 6.46. The molecule has 0 saturated heterocycles. The molecule has 0 aromatic rings. The summed E-state index contributed by atoms with van der Waals surface area (Å²) in [6, 6.07) is 0. The van der Waals surface area contributed by atoms with Crippen molar-refractivity contribution in [3.63, 3.8) is 0 Å². The van der Waals surface area contributed by atoms with Crippen molar-refractivity contribution in [1.29, 1.82) is 10.8 Å². The Labute approximate surface area is 62.7 Å². The Morgan fingerprint density at radius 2 is 2.00 bits per heavy atom. The molecule has 2 heteroatoms. The maximum atomic E-state index is 6.92. The number of rotatable bonds is 6. The molecule has 1 unspecified atom stereocenters. The van der Waals surface area contributed by atoms with Gasteiger partial charge >= 0.3 is 0 Å². The quantitative estimate of drug-likeness (QED) is 0.420. The first-order valence-electron chi connectivity index (χ1n) is 3.80. The molecule has 58 valence electrons. The smallest absolute Gasteiger partial charge is 0.00195 e. The van der Waals surface area contributed by atoms with Gasteiger partial charge in [-0.05, 0) is 37.6 Å². The third kappa shape index (κ3) is 5.48. The summed E-state index contributed by atoms with van der Waals surface area (Å²) in [7, 11) is 0. The average Bonchev–Trinajstić information content (AvgIpc) is 1.98. The van der Waals surface area contributed by atoms with Gasteiger partial charge in [0.25, 0.3) is 0 Å². The van der Waals surface area contributed by atoms with Crippen LogP contribution in [0.4, 0.5) is 0 Å². The Kier molecular flexibility index (Phi) is 6.03. The zero-order chi connectivity index (χ0) is 7.82. The van der Waals surface area contributed by atoms with Crippen molar-refractivity contribution >= 4 is 12.4 Å². The largest absolute Gasteiger partial charge is 0.313 e. The lowest BCUT2D eigenvalue weighted by Crippen LogP contribution is -1.94. The van der Waals surface area contributed by atoms with Crippen molar-refractivity contribution in [2.45, 2.75) is 32.6 Å². The van der Waals surface area contributed by atoms with E-state index in [1.54, 1.807) is 0 Å². The SMILES string of the molecule is CC(C=N)CCCCC=N. The Bertz CT molecular complexity index is 99.4. The summed E-state index contributed by atoms with van der Waals surface area (Å²) < 4.78 is 0. The highest BCUT2D eigenvalue weighted by molar-refractivity contribution is 5.56. The zero-order valence-electron chi connectivity index (χ0n) is 6.56. The fourth-order valence-electron chi connectivity index (χ4n) is 0.796. The molecular formula is C8H16N2. The molecule has 1 atom stereocenters. The van der Waals surface area contributed by atoms with E-state index in [2.05, 4.69) is 6.92 Å². The predicted molar refractivity (Wildman–Crippen MR) is 45.2 cm³/mol. The summed E-state index contributed by atoms with van der Waals surface area (Å²) in [5, 5.41) is 13.7. The molecule has 0 aliphatic rings. The van der Waals surface area contributed by atoms with Crippen LogP contribution in [-0.4, -0.2) is 12.4 Å². The molecule has 0 spiro atoms. The zero-order valence-corrected chi connectivity index (χ0v) is 6.56. The number of unbranched alkanes of at least 4 members (excludes halogenated alkanes) is 2. The van der Waals surface area contributed by atoms with Gasteiger partial charge in [0.15, 0.2) is 0 Å². The summed E-state index contributed by atoms with van der Waals surface area (Å²) >= 11 is 0. The Hall–Kier alpha value is -0.660. The van der Waals surface area contributed by atoms with E-state index in [1.807, 2.05) is 0 Å². The molecule has 10 heavy (non-hydrogen) atoms. The molecule has 0 aromatic carbocycles. The summed E-state index contributed by atoms with van der Waals surface area (Å²) in [6.45, 7) is 2.05. The molecule has 2 N–H and O–H groups in total. The van der Waals surface area contributed by atoms with Crippen LogP contribution in [0, 0.1) is 16.7 Å². The van der Waals surface area contributed by atoms with Gasteiger partial charge in [-0.25, -0.2) is 0 Å². The third-order valence-corrected chi connectivity index (χ3v) is 1.54. The van der Waals surface area contributed by atoms with Gasteiger partial charge in [-0.15, -0.1) is 0 Å². The molecule has 0 rings (SSSR count). The summed E-state index contributed by atoms with van der Waals surface area (Å²) in [5.41, 5.74) is 0. The van der Waals surface area contributed by atoms with Crippen LogP contribution in [0.25, 0.3) is 0 Å². The molecule has 0 heterocycles. The van der Waals surface area contributed by atoms with Crippen LogP contribution in [0.2, 0.25) is 0 Å². The van der Waals surface area contributed by atoms with E-state index in [-0.39, 0.29) is 0 Å². The van der Waals surface area contributed by atoms with E-state index in [1.165, 1.54) is 12.4 Å². The highest BCUT2D eigenvalue weighted by atomic mass is 14.3. The van der Waals surface area contributed by atoms with Crippen molar-refractivity contribution in [2.24, 2.45) is 5.92 Å².